The van der Waals surface area contributed by atoms with Crippen LogP contribution in [0.25, 0.3) is 0 Å². The molecule has 6 nitrogen and oxygen atoms in total. The Balaban J connectivity index is 2.23. The van der Waals surface area contributed by atoms with Gasteiger partial charge in [-0.05, 0) is 29.3 Å². The Morgan fingerprint density at radius 1 is 1.55 bits per heavy atom. The van der Waals surface area contributed by atoms with Gasteiger partial charge >= 0.3 is 0 Å². The van der Waals surface area contributed by atoms with E-state index in [1.54, 1.807) is 0 Å². The molecule has 112 valence electrons. The molecule has 0 spiro atoms. The topological polar surface area (TPSA) is 76.2 Å². The minimum atomic E-state index is -0.272. The number of nitrogens with one attached hydrogen (secondary N) is 1. The van der Waals surface area contributed by atoms with E-state index in [1.165, 1.54) is 0 Å². The van der Waals surface area contributed by atoms with Gasteiger partial charge in [-0.25, -0.2) is 0 Å². The van der Waals surface area contributed by atoms with Gasteiger partial charge in [0.1, 0.15) is 6.04 Å². The van der Waals surface area contributed by atoms with E-state index in [9.17, 15) is 4.79 Å². The molecule has 1 unspecified atom stereocenters. The summed E-state index contributed by atoms with van der Waals surface area (Å²) in [6.07, 6.45) is 0.890. The number of carbonyl (C=O) groups excluding carboxylic acids is 1. The van der Waals surface area contributed by atoms with Crippen molar-refractivity contribution in [3.8, 4) is 0 Å². The Labute approximate surface area is 127 Å². The third-order valence-electron chi connectivity index (χ3n) is 3.73. The van der Waals surface area contributed by atoms with E-state index >= 15 is 0 Å². The molecule has 1 saturated heterocycles. The highest BCUT2D eigenvalue weighted by Crippen LogP contribution is 2.24. The third kappa shape index (κ3) is 3.05. The van der Waals surface area contributed by atoms with Crippen LogP contribution in [0.4, 0.5) is 0 Å². The fraction of sp³-hybridized carbons (Fsp3) is 0.692. The van der Waals surface area contributed by atoms with E-state index in [0.29, 0.717) is 13.1 Å². The zero-order valence-corrected chi connectivity index (χ0v) is 13.6. The van der Waals surface area contributed by atoms with Crippen molar-refractivity contribution in [1.29, 1.82) is 0 Å². The lowest BCUT2D eigenvalue weighted by Gasteiger charge is -2.34. The second kappa shape index (κ2) is 6.69. The van der Waals surface area contributed by atoms with Crippen molar-refractivity contribution >= 4 is 21.8 Å². The minimum Gasteiger partial charge on any atom is -0.368 e. The molecule has 20 heavy (non-hydrogen) atoms. The molecule has 0 aliphatic carbocycles. The molecule has 0 saturated carbocycles. The highest BCUT2D eigenvalue weighted by molar-refractivity contribution is 9.10. The lowest BCUT2D eigenvalue weighted by molar-refractivity contribution is -0.124. The van der Waals surface area contributed by atoms with Crippen molar-refractivity contribution in [3.63, 3.8) is 0 Å². The summed E-state index contributed by atoms with van der Waals surface area (Å²) in [4.78, 5) is 13.7. The van der Waals surface area contributed by atoms with Crippen LogP contribution in [0.5, 0.6) is 0 Å². The predicted molar refractivity (Wildman–Crippen MR) is 81.2 cm³/mol. The van der Waals surface area contributed by atoms with E-state index in [0.717, 1.165) is 41.9 Å². The molecule has 0 bridgehead atoms. The first-order chi connectivity index (χ1) is 9.58. The van der Waals surface area contributed by atoms with Gasteiger partial charge < -0.3 is 11.1 Å². The van der Waals surface area contributed by atoms with E-state index in [1.807, 2.05) is 4.68 Å². The normalized spacial score (nSPS) is 20.2. The first-order valence-corrected chi connectivity index (χ1v) is 7.85. The molecule has 3 N–H and O–H groups in total. The molecule has 0 aromatic carbocycles. The lowest BCUT2D eigenvalue weighted by atomic mass is 10.1. The fourth-order valence-corrected chi connectivity index (χ4v) is 3.27. The van der Waals surface area contributed by atoms with Gasteiger partial charge in [-0.15, -0.1) is 0 Å². The first-order valence-electron chi connectivity index (χ1n) is 7.06. The maximum absolute atomic E-state index is 11.6. The van der Waals surface area contributed by atoms with Crippen LogP contribution in [0, 0.1) is 0 Å². The largest absolute Gasteiger partial charge is 0.368 e. The van der Waals surface area contributed by atoms with Crippen LogP contribution < -0.4 is 11.1 Å². The number of piperazine rings is 1. The van der Waals surface area contributed by atoms with Crippen LogP contribution in [0.3, 0.4) is 0 Å². The average molecular weight is 344 g/mol. The van der Waals surface area contributed by atoms with Crippen LogP contribution >= 0.6 is 15.9 Å². The minimum absolute atomic E-state index is 0.249. The number of amides is 1. The summed E-state index contributed by atoms with van der Waals surface area (Å²) in [6.45, 7) is 7.99. The zero-order valence-electron chi connectivity index (χ0n) is 12.0. The van der Waals surface area contributed by atoms with Gasteiger partial charge in [-0.3, -0.25) is 14.4 Å². The van der Waals surface area contributed by atoms with Gasteiger partial charge in [0.15, 0.2) is 0 Å². The molecule has 2 rings (SSSR count). The second-order valence-electron chi connectivity index (χ2n) is 4.97. The van der Waals surface area contributed by atoms with Gasteiger partial charge in [0.2, 0.25) is 5.91 Å². The Morgan fingerprint density at radius 3 is 2.90 bits per heavy atom. The Kier molecular flexibility index (Phi) is 5.17. The molecule has 1 aliphatic rings. The molecule has 1 amide bonds. The van der Waals surface area contributed by atoms with Crippen LogP contribution in [0.1, 0.15) is 25.2 Å². The van der Waals surface area contributed by atoms with E-state index in [4.69, 9.17) is 5.73 Å². The van der Waals surface area contributed by atoms with Crippen molar-refractivity contribution in [2.75, 3.05) is 19.6 Å². The predicted octanol–water partition coefficient (Wildman–Crippen LogP) is 0.487. The summed E-state index contributed by atoms with van der Waals surface area (Å²) in [5.74, 6) is -0.272. The monoisotopic (exact) mass is 343 g/mol. The molecule has 1 aromatic heterocycles. The summed E-state index contributed by atoms with van der Waals surface area (Å²) >= 11 is 3.65. The molecule has 1 fully saturated rings. The number of nitrogens with zero attached hydrogens (tertiary/aromatic N) is 3. The zero-order chi connectivity index (χ0) is 14.7. The van der Waals surface area contributed by atoms with Gasteiger partial charge in [0.25, 0.3) is 0 Å². The van der Waals surface area contributed by atoms with Gasteiger partial charge in [-0.2, -0.15) is 5.10 Å². The van der Waals surface area contributed by atoms with Crippen molar-refractivity contribution in [2.45, 2.75) is 39.4 Å². The highest BCUT2D eigenvalue weighted by Gasteiger charge is 2.28. The number of aromatic nitrogens is 2. The molecule has 2 heterocycles. The molecule has 1 aromatic rings. The van der Waals surface area contributed by atoms with Crippen molar-refractivity contribution in [2.24, 2.45) is 5.73 Å². The molecular weight excluding hydrogens is 322 g/mol. The van der Waals surface area contributed by atoms with Gasteiger partial charge in [0.05, 0.1) is 15.9 Å². The highest BCUT2D eigenvalue weighted by atomic mass is 79.9. The Hall–Kier alpha value is -0.920. The summed E-state index contributed by atoms with van der Waals surface area (Å²) in [5, 5.41) is 7.81. The number of hydrogen-bond donors (Lipinski definition) is 2. The number of halogens is 1. The summed E-state index contributed by atoms with van der Waals surface area (Å²) in [6, 6.07) is -0.249. The third-order valence-corrected chi connectivity index (χ3v) is 4.65. The molecule has 7 heteroatoms. The molecule has 1 aliphatic heterocycles. The number of nitrogens with two attached hydrogens (primary N) is 1. The summed E-state index contributed by atoms with van der Waals surface area (Å²) < 4.78 is 3.06. The maximum Gasteiger partial charge on any atom is 0.236 e. The molecular formula is C13H22BrN5O. The van der Waals surface area contributed by atoms with Crippen LogP contribution in [-0.4, -0.2) is 46.3 Å². The average Bonchev–Trinajstić information content (AvgIpc) is 2.75. The number of carbonyl (C=O) groups is 1. The number of aryl methyl sites for hydroxylation is 2. The summed E-state index contributed by atoms with van der Waals surface area (Å²) in [5.41, 5.74) is 7.68. The summed E-state index contributed by atoms with van der Waals surface area (Å²) in [7, 11) is 0. The Bertz CT molecular complexity index is 487. The van der Waals surface area contributed by atoms with E-state index in [-0.39, 0.29) is 11.9 Å². The van der Waals surface area contributed by atoms with Crippen LogP contribution in [0.2, 0.25) is 0 Å². The van der Waals surface area contributed by atoms with Crippen molar-refractivity contribution in [1.82, 2.24) is 20.0 Å². The van der Waals surface area contributed by atoms with Crippen LogP contribution in [0.15, 0.2) is 4.47 Å². The van der Waals surface area contributed by atoms with Gasteiger partial charge in [0, 0.05) is 32.7 Å². The Morgan fingerprint density at radius 2 is 2.30 bits per heavy atom. The number of rotatable bonds is 5. The SMILES string of the molecule is CCc1nn(CC)c(CN2CCNCC2C(N)=O)c1Br. The standard InChI is InChI=1S/C13H22BrN5O/c1-3-9-12(14)11(19(4-2)17-9)8-18-6-5-16-7-10(18)13(15)20/h10,16H,3-8H2,1-2H3,(H2,15,20). The molecule has 0 radical (unpaired) electrons. The maximum atomic E-state index is 11.6. The lowest BCUT2D eigenvalue weighted by Crippen LogP contribution is -2.56. The van der Waals surface area contributed by atoms with Gasteiger partial charge in [-0.1, -0.05) is 6.92 Å². The van der Waals surface area contributed by atoms with Crippen molar-refractivity contribution in [3.05, 3.63) is 15.9 Å². The number of primary amides is 1. The smallest absolute Gasteiger partial charge is 0.236 e. The second-order valence-corrected chi connectivity index (χ2v) is 5.76. The quantitative estimate of drug-likeness (QED) is 0.815. The van der Waals surface area contributed by atoms with E-state index < -0.39 is 0 Å². The molecule has 1 atom stereocenters. The fourth-order valence-electron chi connectivity index (χ4n) is 2.58. The van der Waals surface area contributed by atoms with Crippen LogP contribution in [-0.2, 0) is 24.3 Å². The van der Waals surface area contributed by atoms with Crippen molar-refractivity contribution < 1.29 is 4.79 Å². The van der Waals surface area contributed by atoms with E-state index in [2.05, 4.69) is 45.1 Å². The number of hydrogen-bond acceptors (Lipinski definition) is 4. The first kappa shape index (κ1) is 15.5.